The Morgan fingerprint density at radius 3 is 2.81 bits per heavy atom. The van der Waals surface area contributed by atoms with E-state index in [2.05, 4.69) is 20.6 Å². The number of methoxy groups -OCH3 is 1. The quantitative estimate of drug-likeness (QED) is 0.746. The molecule has 27 heavy (non-hydrogen) atoms. The van der Waals surface area contributed by atoms with Crippen molar-refractivity contribution < 1.29 is 19.4 Å². The fourth-order valence-electron chi connectivity index (χ4n) is 3.39. The van der Waals surface area contributed by atoms with Gasteiger partial charge in [-0.2, -0.15) is 0 Å². The van der Waals surface area contributed by atoms with E-state index in [4.69, 9.17) is 9.84 Å². The van der Waals surface area contributed by atoms with Gasteiger partial charge >= 0.3 is 6.09 Å². The van der Waals surface area contributed by atoms with Crippen LogP contribution in [-0.2, 0) is 4.79 Å². The predicted octanol–water partition coefficient (Wildman–Crippen LogP) is 2.92. The Bertz CT molecular complexity index is 827. The number of hydrogen-bond donors (Lipinski definition) is 3. The molecule has 8 nitrogen and oxygen atoms in total. The monoisotopic (exact) mass is 370 g/mol. The van der Waals surface area contributed by atoms with E-state index in [9.17, 15) is 9.59 Å². The summed E-state index contributed by atoms with van der Waals surface area (Å²) in [5.74, 6) is 0.685. The number of amides is 2. The average molecular weight is 370 g/mol. The highest BCUT2D eigenvalue weighted by molar-refractivity contribution is 5.92. The molecule has 2 aromatic rings. The van der Waals surface area contributed by atoms with E-state index in [0.717, 1.165) is 24.8 Å². The summed E-state index contributed by atoms with van der Waals surface area (Å²) in [6, 6.07) is 8.99. The molecule has 0 spiro atoms. The Kier molecular flexibility index (Phi) is 5.85. The van der Waals surface area contributed by atoms with Gasteiger partial charge in [0.1, 0.15) is 17.9 Å². The lowest BCUT2D eigenvalue weighted by atomic mass is 9.85. The van der Waals surface area contributed by atoms with Crippen LogP contribution < -0.4 is 15.4 Å². The molecule has 1 saturated carbocycles. The molecule has 1 aromatic carbocycles. The van der Waals surface area contributed by atoms with Crippen molar-refractivity contribution in [3.8, 4) is 17.0 Å². The number of anilines is 1. The number of nitrogens with zero attached hydrogens (tertiary/aromatic N) is 2. The van der Waals surface area contributed by atoms with Gasteiger partial charge in [0.15, 0.2) is 0 Å². The van der Waals surface area contributed by atoms with Gasteiger partial charge in [0.2, 0.25) is 5.91 Å². The summed E-state index contributed by atoms with van der Waals surface area (Å²) in [6.45, 7) is 0. The van der Waals surface area contributed by atoms with Crippen LogP contribution >= 0.6 is 0 Å². The molecule has 1 aliphatic rings. The molecule has 1 aliphatic carbocycles. The Morgan fingerprint density at radius 2 is 2.04 bits per heavy atom. The maximum atomic E-state index is 12.6. The Hall–Kier alpha value is -3.16. The van der Waals surface area contributed by atoms with Crippen molar-refractivity contribution in [1.29, 1.82) is 0 Å². The van der Waals surface area contributed by atoms with E-state index in [1.165, 1.54) is 6.33 Å². The van der Waals surface area contributed by atoms with E-state index in [1.54, 1.807) is 13.2 Å². The summed E-state index contributed by atoms with van der Waals surface area (Å²) in [4.78, 5) is 31.8. The van der Waals surface area contributed by atoms with Crippen molar-refractivity contribution in [2.75, 3.05) is 12.4 Å². The number of carbonyl (C=O) groups excluding carboxylic acids is 1. The average Bonchev–Trinajstić information content (AvgIpc) is 2.68. The molecular formula is C19H22N4O4. The zero-order chi connectivity index (χ0) is 19.2. The van der Waals surface area contributed by atoms with Gasteiger partial charge in [-0.25, -0.2) is 14.8 Å². The van der Waals surface area contributed by atoms with Crippen LogP contribution in [-0.4, -0.2) is 40.2 Å². The number of carbonyl (C=O) groups is 2. The molecule has 1 heterocycles. The van der Waals surface area contributed by atoms with Crippen molar-refractivity contribution in [3.05, 3.63) is 36.7 Å². The summed E-state index contributed by atoms with van der Waals surface area (Å²) >= 11 is 0. The van der Waals surface area contributed by atoms with E-state index in [1.807, 2.05) is 24.3 Å². The van der Waals surface area contributed by atoms with Crippen LogP contribution in [0.4, 0.5) is 10.6 Å². The molecule has 3 N–H and O–H groups in total. The second kappa shape index (κ2) is 8.48. The van der Waals surface area contributed by atoms with E-state index >= 15 is 0 Å². The highest BCUT2D eigenvalue weighted by Crippen LogP contribution is 2.29. The summed E-state index contributed by atoms with van der Waals surface area (Å²) < 4.78 is 5.36. The van der Waals surface area contributed by atoms with Crippen molar-refractivity contribution in [2.45, 2.75) is 31.7 Å². The number of carboxylic acid groups (broad SMARTS) is 1. The van der Waals surface area contributed by atoms with Gasteiger partial charge in [-0.1, -0.05) is 18.6 Å². The summed E-state index contributed by atoms with van der Waals surface area (Å²) in [6.07, 6.45) is 3.11. The van der Waals surface area contributed by atoms with Crippen LogP contribution in [0.15, 0.2) is 36.7 Å². The summed E-state index contributed by atoms with van der Waals surface area (Å²) in [5, 5.41) is 14.2. The van der Waals surface area contributed by atoms with Gasteiger partial charge in [0, 0.05) is 23.6 Å². The van der Waals surface area contributed by atoms with Gasteiger partial charge in [0.05, 0.1) is 12.8 Å². The maximum Gasteiger partial charge on any atom is 0.404 e. The smallest absolute Gasteiger partial charge is 0.404 e. The Balaban J connectivity index is 1.71. The lowest BCUT2D eigenvalue weighted by Gasteiger charge is -2.28. The molecule has 2 unspecified atom stereocenters. The predicted molar refractivity (Wildman–Crippen MR) is 99.6 cm³/mol. The number of hydrogen-bond acceptors (Lipinski definition) is 5. The molecule has 0 aliphatic heterocycles. The summed E-state index contributed by atoms with van der Waals surface area (Å²) in [7, 11) is 1.59. The first kappa shape index (κ1) is 18.6. The topological polar surface area (TPSA) is 113 Å². The van der Waals surface area contributed by atoms with Crippen LogP contribution in [0, 0.1) is 5.92 Å². The molecule has 2 amide bonds. The first-order valence-electron chi connectivity index (χ1n) is 8.82. The molecule has 3 rings (SSSR count). The Labute approximate surface area is 157 Å². The Morgan fingerprint density at radius 1 is 1.22 bits per heavy atom. The molecule has 8 heteroatoms. The van der Waals surface area contributed by atoms with Gasteiger partial charge in [-0.3, -0.25) is 4.79 Å². The van der Waals surface area contributed by atoms with E-state index in [0.29, 0.717) is 23.7 Å². The van der Waals surface area contributed by atoms with Gasteiger partial charge in [0.25, 0.3) is 0 Å². The highest BCUT2D eigenvalue weighted by atomic mass is 16.5. The molecule has 1 aromatic heterocycles. The van der Waals surface area contributed by atoms with E-state index < -0.39 is 6.09 Å². The van der Waals surface area contributed by atoms with Crippen LogP contribution in [0.3, 0.4) is 0 Å². The number of ether oxygens (including phenoxy) is 1. The maximum absolute atomic E-state index is 12.6. The third-order valence-electron chi connectivity index (χ3n) is 4.67. The van der Waals surface area contributed by atoms with Crippen molar-refractivity contribution in [2.24, 2.45) is 5.92 Å². The van der Waals surface area contributed by atoms with Gasteiger partial charge in [-0.05, 0) is 31.4 Å². The van der Waals surface area contributed by atoms with E-state index in [-0.39, 0.29) is 17.9 Å². The summed E-state index contributed by atoms with van der Waals surface area (Å²) in [5.41, 5.74) is 1.45. The largest absolute Gasteiger partial charge is 0.496 e. The number of para-hydroxylation sites is 1. The van der Waals surface area contributed by atoms with Crippen LogP contribution in [0.5, 0.6) is 5.75 Å². The number of aromatic nitrogens is 2. The van der Waals surface area contributed by atoms with Crippen LogP contribution in [0.25, 0.3) is 11.3 Å². The van der Waals surface area contributed by atoms with Crippen molar-refractivity contribution >= 4 is 17.8 Å². The molecule has 142 valence electrons. The fourth-order valence-corrected chi connectivity index (χ4v) is 3.39. The normalized spacial score (nSPS) is 19.1. The number of rotatable bonds is 5. The second-order valence-corrected chi connectivity index (χ2v) is 6.49. The van der Waals surface area contributed by atoms with Crippen LogP contribution in [0.2, 0.25) is 0 Å². The third-order valence-corrected chi connectivity index (χ3v) is 4.67. The van der Waals surface area contributed by atoms with Crippen molar-refractivity contribution in [3.63, 3.8) is 0 Å². The number of benzene rings is 1. The zero-order valence-corrected chi connectivity index (χ0v) is 15.0. The number of nitrogens with one attached hydrogen (secondary N) is 2. The molecule has 0 bridgehead atoms. The standard InChI is InChI=1S/C19H22N4O4/c1-27-16-8-3-2-7-14(16)15-10-17(21-11-20-15)23-18(24)12-5-4-6-13(9-12)22-19(25)26/h2-3,7-8,10-13,22H,4-6,9H2,1H3,(H,25,26)(H,20,21,23,24). The zero-order valence-electron chi connectivity index (χ0n) is 15.0. The first-order chi connectivity index (χ1) is 13.1. The molecule has 2 atom stereocenters. The van der Waals surface area contributed by atoms with Crippen LogP contribution in [0.1, 0.15) is 25.7 Å². The molecular weight excluding hydrogens is 348 g/mol. The fraction of sp³-hybridized carbons (Fsp3) is 0.368. The third kappa shape index (κ3) is 4.72. The molecule has 1 fully saturated rings. The first-order valence-corrected chi connectivity index (χ1v) is 8.82. The van der Waals surface area contributed by atoms with Gasteiger partial charge in [-0.15, -0.1) is 0 Å². The minimum absolute atomic E-state index is 0.156. The highest BCUT2D eigenvalue weighted by Gasteiger charge is 2.28. The minimum Gasteiger partial charge on any atom is -0.496 e. The lowest BCUT2D eigenvalue weighted by molar-refractivity contribution is -0.121. The second-order valence-electron chi connectivity index (χ2n) is 6.49. The van der Waals surface area contributed by atoms with Crippen molar-refractivity contribution in [1.82, 2.24) is 15.3 Å². The minimum atomic E-state index is -1.06. The molecule has 0 radical (unpaired) electrons. The lowest BCUT2D eigenvalue weighted by Crippen LogP contribution is -2.40. The van der Waals surface area contributed by atoms with Gasteiger partial charge < -0.3 is 20.5 Å². The SMILES string of the molecule is COc1ccccc1-c1cc(NC(=O)C2CCCC(NC(=O)O)C2)ncn1. The molecule has 0 saturated heterocycles.